The predicted octanol–water partition coefficient (Wildman–Crippen LogP) is 2.30. The molecule has 0 amide bonds. The molecule has 106 valence electrons. The number of allylic oxidation sites excluding steroid dienone is 1. The summed E-state index contributed by atoms with van der Waals surface area (Å²) >= 11 is 1.88. The van der Waals surface area contributed by atoms with Crippen LogP contribution in [0.5, 0.6) is 5.75 Å². The van der Waals surface area contributed by atoms with Crippen molar-refractivity contribution in [1.29, 1.82) is 0 Å². The Morgan fingerprint density at radius 2 is 2.10 bits per heavy atom. The van der Waals surface area contributed by atoms with E-state index in [1.165, 1.54) is 0 Å². The normalized spacial score (nSPS) is 14.7. The van der Waals surface area contributed by atoms with E-state index in [0.717, 1.165) is 0 Å². The van der Waals surface area contributed by atoms with Crippen molar-refractivity contribution in [3.8, 4) is 5.75 Å². The Morgan fingerprint density at radius 1 is 1.40 bits per heavy atom. The van der Waals surface area contributed by atoms with Gasteiger partial charge in [-0.25, -0.2) is 4.39 Å². The number of hydrogen-bond acceptors (Lipinski definition) is 5. The van der Waals surface area contributed by atoms with E-state index in [2.05, 4.69) is 5.32 Å². The number of nitro groups is 1. The molecule has 1 aliphatic heterocycles. The van der Waals surface area contributed by atoms with Crippen LogP contribution in [0.2, 0.25) is 0 Å². The fourth-order valence-electron chi connectivity index (χ4n) is 1.49. The number of nitrogens with zero attached hydrogens (tertiary/aromatic N) is 1. The molecule has 0 atom stereocenters. The van der Waals surface area contributed by atoms with Gasteiger partial charge in [-0.15, -0.1) is 0 Å². The van der Waals surface area contributed by atoms with Gasteiger partial charge in [0, 0.05) is 12.6 Å². The molecule has 1 aliphatic rings. The topological polar surface area (TPSA) is 90.4 Å². The molecule has 1 heterocycles. The molecule has 0 aromatic heterocycles. The summed E-state index contributed by atoms with van der Waals surface area (Å²) in [6, 6.07) is 1.11. The summed E-state index contributed by atoms with van der Waals surface area (Å²) < 4.78 is 32.9. The molecule has 0 saturated heterocycles. The second-order valence-electron chi connectivity index (χ2n) is 3.77. The number of nitrogens with one attached hydrogen (secondary N) is 1. The van der Waals surface area contributed by atoms with Gasteiger partial charge in [-0.05, 0) is 28.7 Å². The molecular formula is C11H8F2IN3O3. The second-order valence-corrected chi connectivity index (χ2v) is 4.85. The van der Waals surface area contributed by atoms with Crippen molar-refractivity contribution >= 4 is 28.3 Å². The average molecular weight is 395 g/mol. The van der Waals surface area contributed by atoms with Gasteiger partial charge in [0.2, 0.25) is 5.82 Å². The third-order valence-electron chi connectivity index (χ3n) is 2.45. The largest absolute Gasteiger partial charge is 0.453 e. The van der Waals surface area contributed by atoms with Crippen molar-refractivity contribution < 1.29 is 18.4 Å². The smallest absolute Gasteiger partial charge is 0.307 e. The molecule has 1 aromatic carbocycles. The van der Waals surface area contributed by atoms with Gasteiger partial charge in [-0.3, -0.25) is 10.1 Å². The number of dihydropyridines is 1. The molecule has 20 heavy (non-hydrogen) atoms. The zero-order valence-corrected chi connectivity index (χ0v) is 12.0. The van der Waals surface area contributed by atoms with Gasteiger partial charge in [0.1, 0.15) is 11.6 Å². The maximum absolute atomic E-state index is 13.7. The summed E-state index contributed by atoms with van der Waals surface area (Å²) in [6.45, 7) is 0.380. The molecule has 9 heteroatoms. The SMILES string of the molecule is NC1=C(I)C(Oc2cc(F)c([N+](=O)[O-])cc2F)=CCN1. The lowest BCUT2D eigenvalue weighted by molar-refractivity contribution is -0.387. The van der Waals surface area contributed by atoms with Crippen LogP contribution in [-0.4, -0.2) is 11.5 Å². The molecule has 1 aromatic rings. The van der Waals surface area contributed by atoms with E-state index >= 15 is 0 Å². The van der Waals surface area contributed by atoms with E-state index in [-0.39, 0.29) is 5.76 Å². The van der Waals surface area contributed by atoms with Crippen LogP contribution in [0.15, 0.2) is 33.4 Å². The van der Waals surface area contributed by atoms with Crippen LogP contribution in [0.25, 0.3) is 0 Å². The van der Waals surface area contributed by atoms with Gasteiger partial charge >= 0.3 is 5.69 Å². The fourth-order valence-corrected chi connectivity index (χ4v) is 2.02. The Bertz CT molecular complexity index is 646. The highest BCUT2D eigenvalue weighted by Crippen LogP contribution is 2.31. The minimum atomic E-state index is -1.17. The first-order valence-corrected chi connectivity index (χ1v) is 6.39. The Labute approximate surface area is 125 Å². The minimum Gasteiger partial charge on any atom is -0.453 e. The summed E-state index contributed by atoms with van der Waals surface area (Å²) in [5.74, 6) is -2.03. The molecule has 0 saturated carbocycles. The summed E-state index contributed by atoms with van der Waals surface area (Å²) in [7, 11) is 0. The lowest BCUT2D eigenvalue weighted by Crippen LogP contribution is -2.26. The lowest BCUT2D eigenvalue weighted by atomic mass is 10.2. The van der Waals surface area contributed by atoms with E-state index in [1.807, 2.05) is 22.6 Å². The molecule has 3 N–H and O–H groups in total. The highest BCUT2D eigenvalue weighted by Gasteiger charge is 2.21. The number of benzene rings is 1. The van der Waals surface area contributed by atoms with Gasteiger partial charge in [0.25, 0.3) is 0 Å². The van der Waals surface area contributed by atoms with E-state index < -0.39 is 28.0 Å². The van der Waals surface area contributed by atoms with E-state index in [9.17, 15) is 18.9 Å². The summed E-state index contributed by atoms with van der Waals surface area (Å²) in [4.78, 5) is 9.48. The van der Waals surface area contributed by atoms with Crippen LogP contribution < -0.4 is 15.8 Å². The number of hydrogen-bond donors (Lipinski definition) is 2. The first kappa shape index (κ1) is 14.5. The molecule has 6 nitrogen and oxygen atoms in total. The Balaban J connectivity index is 2.34. The highest BCUT2D eigenvalue weighted by molar-refractivity contribution is 14.1. The van der Waals surface area contributed by atoms with Crippen LogP contribution in [0, 0.1) is 21.7 Å². The number of ether oxygens (including phenoxy) is 1. The minimum absolute atomic E-state index is 0.258. The average Bonchev–Trinajstić information content (AvgIpc) is 2.38. The van der Waals surface area contributed by atoms with E-state index in [4.69, 9.17) is 10.5 Å². The standard InChI is InChI=1S/C11H8F2IN3O3/c12-5-4-9(6(13)3-7(5)17(18)19)20-8-1-2-16-11(15)10(8)14/h1,3-4,16H,2,15H2. The summed E-state index contributed by atoms with van der Waals surface area (Å²) in [6.07, 6.45) is 1.59. The van der Waals surface area contributed by atoms with Crippen LogP contribution in [0.1, 0.15) is 0 Å². The monoisotopic (exact) mass is 395 g/mol. The molecule has 0 fully saturated rings. The molecule has 0 bridgehead atoms. The lowest BCUT2D eigenvalue weighted by Gasteiger charge is -2.17. The Morgan fingerprint density at radius 3 is 2.75 bits per heavy atom. The van der Waals surface area contributed by atoms with Gasteiger partial charge in [-0.1, -0.05) is 0 Å². The number of nitro benzene ring substituents is 1. The molecule has 0 radical (unpaired) electrons. The van der Waals surface area contributed by atoms with Crippen molar-refractivity contribution in [1.82, 2.24) is 5.32 Å². The summed E-state index contributed by atoms with van der Waals surface area (Å²) in [5, 5.41) is 13.3. The van der Waals surface area contributed by atoms with Gasteiger partial charge in [0.15, 0.2) is 11.6 Å². The number of rotatable bonds is 3. The summed E-state index contributed by atoms with van der Waals surface area (Å²) in [5.41, 5.74) is 4.69. The molecular weight excluding hydrogens is 387 g/mol. The van der Waals surface area contributed by atoms with E-state index in [1.54, 1.807) is 6.08 Å². The number of halogens is 3. The van der Waals surface area contributed by atoms with Gasteiger partial charge in [0.05, 0.1) is 14.6 Å². The maximum Gasteiger partial charge on any atom is 0.307 e. The van der Waals surface area contributed by atoms with Gasteiger partial charge in [-0.2, -0.15) is 4.39 Å². The van der Waals surface area contributed by atoms with Crippen molar-refractivity contribution in [3.05, 3.63) is 55.1 Å². The molecule has 0 spiro atoms. The van der Waals surface area contributed by atoms with Crippen LogP contribution in [0.4, 0.5) is 14.5 Å². The zero-order chi connectivity index (χ0) is 14.9. The second kappa shape index (κ2) is 5.61. The van der Waals surface area contributed by atoms with Crippen LogP contribution in [-0.2, 0) is 0 Å². The zero-order valence-electron chi connectivity index (χ0n) is 9.82. The Kier molecular flexibility index (Phi) is 4.06. The van der Waals surface area contributed by atoms with E-state index in [0.29, 0.717) is 28.1 Å². The van der Waals surface area contributed by atoms with Crippen molar-refractivity contribution in [3.63, 3.8) is 0 Å². The first-order valence-electron chi connectivity index (χ1n) is 5.31. The molecule has 2 rings (SSSR count). The molecule has 0 aliphatic carbocycles. The predicted molar refractivity (Wildman–Crippen MR) is 75.0 cm³/mol. The third-order valence-corrected chi connectivity index (χ3v) is 3.56. The van der Waals surface area contributed by atoms with Crippen molar-refractivity contribution in [2.24, 2.45) is 5.73 Å². The maximum atomic E-state index is 13.7. The molecule has 0 unspecified atom stereocenters. The highest BCUT2D eigenvalue weighted by atomic mass is 127. The van der Waals surface area contributed by atoms with Crippen molar-refractivity contribution in [2.75, 3.05) is 6.54 Å². The van der Waals surface area contributed by atoms with Crippen LogP contribution >= 0.6 is 22.6 Å². The quantitative estimate of drug-likeness (QED) is 0.466. The van der Waals surface area contributed by atoms with Gasteiger partial charge < -0.3 is 15.8 Å². The third kappa shape index (κ3) is 2.81. The fraction of sp³-hybridized carbons (Fsp3) is 0.0909. The van der Waals surface area contributed by atoms with Crippen molar-refractivity contribution in [2.45, 2.75) is 0 Å². The first-order chi connectivity index (χ1) is 9.40. The van der Waals surface area contributed by atoms with Crippen LogP contribution in [0.3, 0.4) is 0 Å². The Hall–Kier alpha value is -1.91. The number of nitrogens with two attached hydrogens (primary N) is 1.